The van der Waals surface area contributed by atoms with Crippen LogP contribution in [0.2, 0.25) is 5.02 Å². The van der Waals surface area contributed by atoms with Crippen LogP contribution in [0.25, 0.3) is 0 Å². The number of halogens is 1. The van der Waals surface area contributed by atoms with Gasteiger partial charge in [-0.3, -0.25) is 9.59 Å². The zero-order valence-electron chi connectivity index (χ0n) is 16.8. The Kier molecular flexibility index (Phi) is 7.75. The molecular weight excluding hydrogens is 438 g/mol. The van der Waals surface area contributed by atoms with Crippen molar-refractivity contribution >= 4 is 46.7 Å². The van der Waals surface area contributed by atoms with Gasteiger partial charge in [-0.25, -0.2) is 4.98 Å². The van der Waals surface area contributed by atoms with Crippen LogP contribution >= 0.6 is 23.4 Å². The molecule has 7 nitrogen and oxygen atoms in total. The maximum Gasteiger partial charge on any atom is 0.263 e. The summed E-state index contributed by atoms with van der Waals surface area (Å²) in [5, 5.41) is 6.04. The molecule has 2 amide bonds. The second-order valence-corrected chi connectivity index (χ2v) is 7.70. The highest BCUT2D eigenvalue weighted by Crippen LogP contribution is 2.29. The summed E-state index contributed by atoms with van der Waals surface area (Å²) in [5.74, 6) is 0.981. The molecule has 0 aliphatic rings. The molecule has 0 saturated heterocycles. The number of benzene rings is 2. The van der Waals surface area contributed by atoms with Crippen molar-refractivity contribution in [1.82, 2.24) is 4.98 Å². The van der Waals surface area contributed by atoms with E-state index in [0.717, 1.165) is 4.90 Å². The van der Waals surface area contributed by atoms with E-state index in [-0.39, 0.29) is 17.6 Å². The molecule has 0 unspecified atom stereocenters. The number of nitrogens with zero attached hydrogens (tertiary/aromatic N) is 1. The third-order valence-corrected chi connectivity index (χ3v) is 5.37. The second kappa shape index (κ2) is 10.7. The van der Waals surface area contributed by atoms with Crippen LogP contribution in [0, 0.1) is 0 Å². The Labute approximate surface area is 189 Å². The van der Waals surface area contributed by atoms with Gasteiger partial charge in [0.05, 0.1) is 25.0 Å². The number of ether oxygens (including phenoxy) is 2. The van der Waals surface area contributed by atoms with Gasteiger partial charge < -0.3 is 20.1 Å². The monoisotopic (exact) mass is 457 g/mol. The molecule has 0 saturated carbocycles. The first kappa shape index (κ1) is 22.5. The Morgan fingerprint density at radius 3 is 2.23 bits per heavy atom. The average Bonchev–Trinajstić information content (AvgIpc) is 2.79. The Morgan fingerprint density at radius 2 is 1.65 bits per heavy atom. The second-order valence-electron chi connectivity index (χ2n) is 6.21. The predicted molar refractivity (Wildman–Crippen MR) is 123 cm³/mol. The standard InChI is InChI=1S/C22H20ClN3O4S/c1-29-17-4-3-5-18(30-2)21(17)22(28)25-15-7-9-16(10-8-15)31-13-20(27)26-19-11-6-14(23)12-24-19/h3-12H,13H2,1-2H3,(H,25,28)(H,24,26,27). The first-order valence-corrected chi connectivity index (χ1v) is 10.5. The molecule has 9 heteroatoms. The molecule has 0 radical (unpaired) electrons. The van der Waals surface area contributed by atoms with Crippen molar-refractivity contribution in [2.24, 2.45) is 0 Å². The van der Waals surface area contributed by atoms with Crippen LogP contribution in [0.15, 0.2) is 65.7 Å². The molecule has 0 fully saturated rings. The van der Waals surface area contributed by atoms with Crippen molar-refractivity contribution in [2.75, 3.05) is 30.6 Å². The number of pyridine rings is 1. The molecule has 31 heavy (non-hydrogen) atoms. The van der Waals surface area contributed by atoms with Gasteiger partial charge in [0.15, 0.2) is 0 Å². The van der Waals surface area contributed by atoms with Gasteiger partial charge in [-0.1, -0.05) is 17.7 Å². The largest absolute Gasteiger partial charge is 0.496 e. The molecule has 1 heterocycles. The Morgan fingerprint density at radius 1 is 0.968 bits per heavy atom. The van der Waals surface area contributed by atoms with Crippen molar-refractivity contribution in [3.63, 3.8) is 0 Å². The van der Waals surface area contributed by atoms with Crippen molar-refractivity contribution in [3.05, 3.63) is 71.4 Å². The number of carbonyl (C=O) groups excluding carboxylic acids is 2. The smallest absolute Gasteiger partial charge is 0.263 e. The van der Waals surface area contributed by atoms with Crippen molar-refractivity contribution < 1.29 is 19.1 Å². The molecule has 0 aliphatic carbocycles. The highest BCUT2D eigenvalue weighted by molar-refractivity contribution is 8.00. The highest BCUT2D eigenvalue weighted by atomic mass is 35.5. The lowest BCUT2D eigenvalue weighted by Gasteiger charge is -2.13. The fourth-order valence-corrected chi connectivity index (χ4v) is 3.49. The van der Waals surface area contributed by atoms with Crippen LogP contribution in [-0.4, -0.2) is 36.8 Å². The van der Waals surface area contributed by atoms with E-state index in [2.05, 4.69) is 15.6 Å². The van der Waals surface area contributed by atoms with Gasteiger partial charge in [-0.15, -0.1) is 11.8 Å². The number of aromatic nitrogens is 1. The van der Waals surface area contributed by atoms with Crippen molar-refractivity contribution in [2.45, 2.75) is 4.90 Å². The number of anilines is 2. The number of nitrogens with one attached hydrogen (secondary N) is 2. The third kappa shape index (κ3) is 6.13. The van der Waals surface area contributed by atoms with Crippen LogP contribution in [-0.2, 0) is 4.79 Å². The molecule has 0 atom stereocenters. The molecule has 0 aliphatic heterocycles. The minimum atomic E-state index is -0.343. The number of methoxy groups -OCH3 is 2. The van der Waals surface area contributed by atoms with Gasteiger partial charge in [-0.2, -0.15) is 0 Å². The van der Waals surface area contributed by atoms with Crippen LogP contribution in [0.4, 0.5) is 11.5 Å². The summed E-state index contributed by atoms with van der Waals surface area (Å²) in [5.41, 5.74) is 0.926. The summed E-state index contributed by atoms with van der Waals surface area (Å²) in [6.45, 7) is 0. The van der Waals surface area contributed by atoms with Crippen LogP contribution in [0.1, 0.15) is 10.4 Å². The van der Waals surface area contributed by atoms with E-state index in [0.29, 0.717) is 33.6 Å². The quantitative estimate of drug-likeness (QED) is 0.475. The molecule has 2 N–H and O–H groups in total. The summed E-state index contributed by atoms with van der Waals surface area (Å²) in [7, 11) is 2.99. The van der Waals surface area contributed by atoms with Crippen LogP contribution in [0.3, 0.4) is 0 Å². The fourth-order valence-electron chi connectivity index (χ4n) is 2.68. The fraction of sp³-hybridized carbons (Fsp3) is 0.136. The number of carbonyl (C=O) groups is 2. The number of amides is 2. The van der Waals surface area contributed by atoms with Gasteiger partial charge in [-0.05, 0) is 48.5 Å². The number of hydrogen-bond acceptors (Lipinski definition) is 6. The maximum absolute atomic E-state index is 12.7. The Hall–Kier alpha value is -3.23. The van der Waals surface area contributed by atoms with E-state index >= 15 is 0 Å². The zero-order valence-corrected chi connectivity index (χ0v) is 18.4. The summed E-state index contributed by atoms with van der Waals surface area (Å²) in [4.78, 5) is 29.7. The Balaban J connectivity index is 1.57. The molecule has 3 rings (SSSR count). The first-order chi connectivity index (χ1) is 15.0. The lowest BCUT2D eigenvalue weighted by Crippen LogP contribution is -2.15. The van der Waals surface area contributed by atoms with Gasteiger partial charge in [0.2, 0.25) is 5.91 Å². The molecule has 3 aromatic rings. The van der Waals surface area contributed by atoms with E-state index in [1.165, 1.54) is 32.2 Å². The van der Waals surface area contributed by atoms with E-state index in [1.807, 2.05) is 12.1 Å². The molecule has 0 spiro atoms. The van der Waals surface area contributed by atoms with E-state index in [4.69, 9.17) is 21.1 Å². The summed E-state index contributed by atoms with van der Waals surface area (Å²) in [6, 6.07) is 15.6. The third-order valence-electron chi connectivity index (χ3n) is 4.13. The van der Waals surface area contributed by atoms with Gasteiger partial charge in [0, 0.05) is 16.8 Å². The lowest BCUT2D eigenvalue weighted by molar-refractivity contribution is -0.113. The van der Waals surface area contributed by atoms with Gasteiger partial charge >= 0.3 is 0 Å². The summed E-state index contributed by atoms with van der Waals surface area (Å²) < 4.78 is 10.6. The van der Waals surface area contributed by atoms with E-state index in [9.17, 15) is 9.59 Å². The van der Waals surface area contributed by atoms with Crippen molar-refractivity contribution in [1.29, 1.82) is 0 Å². The number of hydrogen-bond donors (Lipinski definition) is 2. The Bertz CT molecular complexity index is 1040. The molecular formula is C22H20ClN3O4S. The predicted octanol–water partition coefficient (Wildman–Crippen LogP) is 4.74. The topological polar surface area (TPSA) is 89.5 Å². The molecule has 160 valence electrons. The van der Waals surface area contributed by atoms with Gasteiger partial charge in [0.25, 0.3) is 5.91 Å². The lowest BCUT2D eigenvalue weighted by atomic mass is 10.1. The van der Waals surface area contributed by atoms with Gasteiger partial charge in [0.1, 0.15) is 22.9 Å². The SMILES string of the molecule is COc1cccc(OC)c1C(=O)Nc1ccc(SCC(=O)Nc2ccc(Cl)cn2)cc1. The first-order valence-electron chi connectivity index (χ1n) is 9.16. The number of thioether (sulfide) groups is 1. The highest BCUT2D eigenvalue weighted by Gasteiger charge is 2.18. The molecule has 2 aromatic carbocycles. The molecule has 0 bridgehead atoms. The minimum absolute atomic E-state index is 0.180. The summed E-state index contributed by atoms with van der Waals surface area (Å²) >= 11 is 7.15. The summed E-state index contributed by atoms with van der Waals surface area (Å²) in [6.07, 6.45) is 1.47. The minimum Gasteiger partial charge on any atom is -0.496 e. The van der Waals surface area contributed by atoms with Crippen LogP contribution < -0.4 is 20.1 Å². The number of rotatable bonds is 8. The zero-order chi connectivity index (χ0) is 22.2. The van der Waals surface area contributed by atoms with E-state index in [1.54, 1.807) is 42.5 Å². The average molecular weight is 458 g/mol. The maximum atomic E-state index is 12.7. The van der Waals surface area contributed by atoms with Crippen LogP contribution in [0.5, 0.6) is 11.5 Å². The van der Waals surface area contributed by atoms with Crippen molar-refractivity contribution in [3.8, 4) is 11.5 Å². The molecule has 1 aromatic heterocycles. The van der Waals surface area contributed by atoms with E-state index < -0.39 is 0 Å². The normalized spacial score (nSPS) is 10.3.